The molecule has 23 heavy (non-hydrogen) atoms. The first-order valence-electron chi connectivity index (χ1n) is 8.22. The molecule has 2 heterocycles. The lowest BCUT2D eigenvalue weighted by Crippen LogP contribution is -2.57. The molecule has 2 fully saturated rings. The van der Waals surface area contributed by atoms with Crippen molar-refractivity contribution in [3.8, 4) is 5.75 Å². The maximum absolute atomic E-state index is 12.5. The minimum absolute atomic E-state index is 0.168. The van der Waals surface area contributed by atoms with Gasteiger partial charge in [0.05, 0.1) is 20.3 Å². The number of hydrogen-bond acceptors (Lipinski definition) is 5. The predicted molar refractivity (Wildman–Crippen MR) is 87.5 cm³/mol. The number of benzene rings is 1. The van der Waals surface area contributed by atoms with Gasteiger partial charge in [-0.25, -0.2) is 0 Å². The Labute approximate surface area is 137 Å². The molecule has 1 aromatic rings. The zero-order valence-corrected chi connectivity index (χ0v) is 13.7. The SMILES string of the molecule is COc1ccccc1CN1CCN(C(=O)[C@@H]2COCCN2)CC1. The van der Waals surface area contributed by atoms with Crippen LogP contribution < -0.4 is 10.1 Å². The lowest BCUT2D eigenvalue weighted by molar-refractivity contribution is -0.138. The predicted octanol–water partition coefficient (Wildman–Crippen LogP) is 0.328. The van der Waals surface area contributed by atoms with Gasteiger partial charge in [-0.1, -0.05) is 18.2 Å². The molecule has 0 spiro atoms. The quantitative estimate of drug-likeness (QED) is 0.867. The van der Waals surface area contributed by atoms with Crippen molar-refractivity contribution in [1.82, 2.24) is 15.1 Å². The Morgan fingerprint density at radius 3 is 2.78 bits per heavy atom. The number of para-hydroxylation sites is 1. The van der Waals surface area contributed by atoms with Gasteiger partial charge in [0.25, 0.3) is 0 Å². The highest BCUT2D eigenvalue weighted by Crippen LogP contribution is 2.20. The van der Waals surface area contributed by atoms with Crippen LogP contribution in [0.5, 0.6) is 5.75 Å². The Balaban J connectivity index is 1.51. The van der Waals surface area contributed by atoms with Crippen LogP contribution in [0.4, 0.5) is 0 Å². The van der Waals surface area contributed by atoms with Gasteiger partial charge in [0.1, 0.15) is 11.8 Å². The maximum atomic E-state index is 12.5. The summed E-state index contributed by atoms with van der Waals surface area (Å²) in [5, 5.41) is 3.24. The minimum Gasteiger partial charge on any atom is -0.496 e. The fourth-order valence-electron chi connectivity index (χ4n) is 3.15. The molecule has 6 heteroatoms. The second-order valence-electron chi connectivity index (χ2n) is 5.99. The second kappa shape index (κ2) is 7.77. The Morgan fingerprint density at radius 2 is 2.09 bits per heavy atom. The van der Waals surface area contributed by atoms with E-state index in [4.69, 9.17) is 9.47 Å². The number of methoxy groups -OCH3 is 1. The van der Waals surface area contributed by atoms with Gasteiger partial charge in [-0.05, 0) is 6.07 Å². The van der Waals surface area contributed by atoms with Crippen molar-refractivity contribution < 1.29 is 14.3 Å². The van der Waals surface area contributed by atoms with Gasteiger partial charge in [-0.3, -0.25) is 9.69 Å². The lowest BCUT2D eigenvalue weighted by atomic mass is 10.1. The van der Waals surface area contributed by atoms with Crippen LogP contribution in [0.1, 0.15) is 5.56 Å². The van der Waals surface area contributed by atoms with Gasteiger partial charge in [0.2, 0.25) is 5.91 Å². The molecule has 0 aliphatic carbocycles. The maximum Gasteiger partial charge on any atom is 0.242 e. The number of amides is 1. The van der Waals surface area contributed by atoms with Crippen LogP contribution >= 0.6 is 0 Å². The summed E-state index contributed by atoms with van der Waals surface area (Å²) in [6.45, 7) is 6.10. The second-order valence-corrected chi connectivity index (χ2v) is 5.99. The summed E-state index contributed by atoms with van der Waals surface area (Å²) in [7, 11) is 1.70. The first-order valence-corrected chi connectivity index (χ1v) is 8.22. The van der Waals surface area contributed by atoms with Gasteiger partial charge in [-0.2, -0.15) is 0 Å². The number of carbonyl (C=O) groups is 1. The largest absolute Gasteiger partial charge is 0.496 e. The van der Waals surface area contributed by atoms with Crippen LogP contribution in [-0.4, -0.2) is 74.8 Å². The Kier molecular flexibility index (Phi) is 5.48. The number of nitrogens with one attached hydrogen (secondary N) is 1. The molecule has 1 atom stereocenters. The molecule has 1 N–H and O–H groups in total. The van der Waals surface area contributed by atoms with E-state index < -0.39 is 0 Å². The van der Waals surface area contributed by atoms with Crippen molar-refractivity contribution in [3.63, 3.8) is 0 Å². The molecule has 0 radical (unpaired) electrons. The number of ether oxygens (including phenoxy) is 2. The lowest BCUT2D eigenvalue weighted by Gasteiger charge is -2.37. The first-order chi connectivity index (χ1) is 11.3. The van der Waals surface area contributed by atoms with E-state index in [0.717, 1.165) is 45.0 Å². The van der Waals surface area contributed by atoms with E-state index in [1.54, 1.807) is 7.11 Å². The smallest absolute Gasteiger partial charge is 0.242 e. The molecular weight excluding hydrogens is 294 g/mol. The molecule has 0 bridgehead atoms. The van der Waals surface area contributed by atoms with Crippen molar-refractivity contribution in [1.29, 1.82) is 0 Å². The number of nitrogens with zero attached hydrogens (tertiary/aromatic N) is 2. The van der Waals surface area contributed by atoms with Gasteiger partial charge < -0.3 is 19.7 Å². The normalized spacial score (nSPS) is 22.8. The number of hydrogen-bond donors (Lipinski definition) is 1. The molecule has 0 unspecified atom stereocenters. The van der Waals surface area contributed by atoms with E-state index >= 15 is 0 Å². The summed E-state index contributed by atoms with van der Waals surface area (Å²) >= 11 is 0. The number of morpholine rings is 1. The monoisotopic (exact) mass is 319 g/mol. The fraction of sp³-hybridized carbons (Fsp3) is 0.588. The van der Waals surface area contributed by atoms with Crippen LogP contribution in [0, 0.1) is 0 Å². The third kappa shape index (κ3) is 4.02. The highest BCUT2D eigenvalue weighted by atomic mass is 16.5. The van der Waals surface area contributed by atoms with Gasteiger partial charge >= 0.3 is 0 Å². The van der Waals surface area contributed by atoms with Crippen molar-refractivity contribution in [3.05, 3.63) is 29.8 Å². The van der Waals surface area contributed by atoms with Crippen molar-refractivity contribution >= 4 is 5.91 Å². The number of carbonyl (C=O) groups excluding carboxylic acids is 1. The third-order valence-electron chi connectivity index (χ3n) is 4.49. The zero-order valence-electron chi connectivity index (χ0n) is 13.7. The summed E-state index contributed by atoms with van der Waals surface area (Å²) < 4.78 is 10.8. The molecule has 126 valence electrons. The summed E-state index contributed by atoms with van der Waals surface area (Å²) in [6, 6.07) is 7.93. The molecular formula is C17H25N3O3. The van der Waals surface area contributed by atoms with Crippen LogP contribution in [0.25, 0.3) is 0 Å². The Morgan fingerprint density at radius 1 is 1.30 bits per heavy atom. The molecule has 2 aliphatic rings. The van der Waals surface area contributed by atoms with Gasteiger partial charge in [0.15, 0.2) is 0 Å². The Hall–Kier alpha value is -1.63. The zero-order chi connectivity index (χ0) is 16.1. The third-order valence-corrected chi connectivity index (χ3v) is 4.49. The van der Waals surface area contributed by atoms with Crippen LogP contribution in [0.3, 0.4) is 0 Å². The number of piperazine rings is 1. The fourth-order valence-corrected chi connectivity index (χ4v) is 3.15. The highest BCUT2D eigenvalue weighted by molar-refractivity contribution is 5.82. The van der Waals surface area contributed by atoms with Crippen LogP contribution in [0.2, 0.25) is 0 Å². The summed E-state index contributed by atoms with van der Waals surface area (Å²) in [4.78, 5) is 16.8. The van der Waals surface area contributed by atoms with E-state index in [0.29, 0.717) is 13.2 Å². The Bertz CT molecular complexity index is 524. The molecule has 1 amide bonds. The topological polar surface area (TPSA) is 54.0 Å². The molecule has 6 nitrogen and oxygen atoms in total. The van der Waals surface area contributed by atoms with E-state index in [9.17, 15) is 4.79 Å². The van der Waals surface area contributed by atoms with E-state index in [1.807, 2.05) is 23.1 Å². The average Bonchev–Trinajstić information content (AvgIpc) is 2.63. The van der Waals surface area contributed by atoms with Gasteiger partial charge in [0, 0.05) is 44.8 Å². The van der Waals surface area contributed by atoms with Crippen molar-refractivity contribution in [2.45, 2.75) is 12.6 Å². The minimum atomic E-state index is -0.176. The van der Waals surface area contributed by atoms with Crippen LogP contribution in [0.15, 0.2) is 24.3 Å². The van der Waals surface area contributed by atoms with E-state index in [1.165, 1.54) is 5.56 Å². The van der Waals surface area contributed by atoms with Crippen LogP contribution in [-0.2, 0) is 16.1 Å². The molecule has 0 aromatic heterocycles. The molecule has 2 aliphatic heterocycles. The molecule has 2 saturated heterocycles. The van der Waals surface area contributed by atoms with Gasteiger partial charge in [-0.15, -0.1) is 0 Å². The van der Waals surface area contributed by atoms with Crippen molar-refractivity contribution in [2.75, 3.05) is 53.0 Å². The molecule has 1 aromatic carbocycles. The number of rotatable bonds is 4. The van der Waals surface area contributed by atoms with E-state index in [2.05, 4.69) is 16.3 Å². The first kappa shape index (κ1) is 16.2. The van der Waals surface area contributed by atoms with E-state index in [-0.39, 0.29) is 11.9 Å². The summed E-state index contributed by atoms with van der Waals surface area (Å²) in [6.07, 6.45) is 0. The standard InChI is InChI=1S/C17H25N3O3/c1-22-16-5-3-2-4-14(16)12-19-7-9-20(10-8-19)17(21)15-13-23-11-6-18-15/h2-5,15,18H,6-13H2,1H3/t15-/m0/s1. The summed E-state index contributed by atoms with van der Waals surface area (Å²) in [5.41, 5.74) is 1.19. The average molecular weight is 319 g/mol. The highest BCUT2D eigenvalue weighted by Gasteiger charge is 2.28. The summed E-state index contributed by atoms with van der Waals surface area (Å²) in [5.74, 6) is 1.09. The van der Waals surface area contributed by atoms with Crippen molar-refractivity contribution in [2.24, 2.45) is 0 Å². The molecule has 0 saturated carbocycles. The molecule has 3 rings (SSSR count).